The van der Waals surface area contributed by atoms with Gasteiger partial charge in [-0.2, -0.15) is 5.10 Å². The number of fused-ring (bicyclic) bond motifs is 3. The molecule has 0 spiro atoms. The van der Waals surface area contributed by atoms with Gasteiger partial charge in [0, 0.05) is 12.1 Å². The lowest BCUT2D eigenvalue weighted by molar-refractivity contribution is 0.469. The average Bonchev–Trinajstić information content (AvgIpc) is 2.99. The number of aromatic nitrogens is 2. The van der Waals surface area contributed by atoms with Gasteiger partial charge in [0.05, 0.1) is 11.7 Å². The van der Waals surface area contributed by atoms with Gasteiger partial charge in [-0.25, -0.2) is 0 Å². The second-order valence-electron chi connectivity index (χ2n) is 5.35. The molecule has 1 aliphatic heterocycles. The molecular weight excluding hydrogens is 244 g/mol. The molecule has 20 heavy (non-hydrogen) atoms. The summed E-state index contributed by atoms with van der Waals surface area (Å²) in [4.78, 5) is 0. The lowest BCUT2D eigenvalue weighted by Crippen LogP contribution is -2.26. The monoisotopic (exact) mass is 260 g/mol. The first kappa shape index (κ1) is 11.5. The fourth-order valence-corrected chi connectivity index (χ4v) is 3.36. The molecule has 0 N–H and O–H groups in total. The van der Waals surface area contributed by atoms with E-state index in [1.807, 2.05) is 6.20 Å². The van der Waals surface area contributed by atoms with Crippen molar-refractivity contribution >= 4 is 11.1 Å². The highest BCUT2D eigenvalue weighted by atomic mass is 15.3. The van der Waals surface area contributed by atoms with E-state index in [4.69, 9.17) is 0 Å². The van der Waals surface area contributed by atoms with Crippen LogP contribution in [0.3, 0.4) is 0 Å². The summed E-state index contributed by atoms with van der Waals surface area (Å²) in [6, 6.07) is 13.1. The number of hydrogen-bond donors (Lipinski definition) is 0. The second kappa shape index (κ2) is 4.34. The van der Waals surface area contributed by atoms with Crippen LogP contribution in [0.5, 0.6) is 0 Å². The predicted octanol–water partition coefficient (Wildman–Crippen LogP) is 4.11. The molecule has 0 saturated carbocycles. The van der Waals surface area contributed by atoms with Crippen molar-refractivity contribution < 1.29 is 0 Å². The van der Waals surface area contributed by atoms with Crippen LogP contribution in [0, 0.1) is 5.92 Å². The van der Waals surface area contributed by atoms with Gasteiger partial charge in [0.2, 0.25) is 0 Å². The summed E-state index contributed by atoms with van der Waals surface area (Å²) in [5.41, 5.74) is 5.29. The van der Waals surface area contributed by atoms with Crippen molar-refractivity contribution in [2.75, 3.05) is 0 Å². The van der Waals surface area contributed by atoms with E-state index in [-0.39, 0.29) is 0 Å². The fourth-order valence-electron chi connectivity index (χ4n) is 3.36. The van der Waals surface area contributed by atoms with Gasteiger partial charge in [-0.15, -0.1) is 0 Å². The molecule has 2 nitrogen and oxygen atoms in total. The standard InChI is InChI=1S/C18H16N2/c1-13-16-11-12-19-20(16)17-10-6-5-9-15(17)18(13)14-7-3-2-4-8-14/h2-12,15,17H,1H3. The van der Waals surface area contributed by atoms with Crippen LogP contribution in [-0.4, -0.2) is 9.78 Å². The number of hydrogen-bond acceptors (Lipinski definition) is 1. The quantitative estimate of drug-likeness (QED) is 0.754. The van der Waals surface area contributed by atoms with E-state index in [0.29, 0.717) is 12.0 Å². The minimum absolute atomic E-state index is 0.295. The number of allylic oxidation sites excluding steroid dienone is 6. The Morgan fingerprint density at radius 2 is 1.80 bits per heavy atom. The molecule has 0 radical (unpaired) electrons. The van der Waals surface area contributed by atoms with Crippen LogP contribution >= 0.6 is 0 Å². The maximum Gasteiger partial charge on any atom is 0.0813 e. The summed E-state index contributed by atoms with van der Waals surface area (Å²) in [6.07, 6.45) is 10.7. The van der Waals surface area contributed by atoms with E-state index in [2.05, 4.69) is 77.4 Å². The zero-order chi connectivity index (χ0) is 13.5. The summed E-state index contributed by atoms with van der Waals surface area (Å²) in [5, 5.41) is 4.52. The van der Waals surface area contributed by atoms with Crippen molar-refractivity contribution in [3.05, 3.63) is 78.2 Å². The van der Waals surface area contributed by atoms with Gasteiger partial charge in [-0.05, 0) is 29.7 Å². The van der Waals surface area contributed by atoms with Gasteiger partial charge in [0.1, 0.15) is 0 Å². The molecule has 2 aliphatic rings. The predicted molar refractivity (Wildman–Crippen MR) is 82.0 cm³/mol. The smallest absolute Gasteiger partial charge is 0.0813 e. The first-order valence-corrected chi connectivity index (χ1v) is 7.01. The molecule has 0 saturated heterocycles. The lowest BCUT2D eigenvalue weighted by atomic mass is 9.79. The van der Waals surface area contributed by atoms with Crippen LogP contribution in [0.25, 0.3) is 11.1 Å². The van der Waals surface area contributed by atoms with Gasteiger partial charge in [-0.3, -0.25) is 4.68 Å². The minimum Gasteiger partial charge on any atom is -0.257 e. The molecule has 4 rings (SSSR count). The third-order valence-electron chi connectivity index (χ3n) is 4.26. The van der Waals surface area contributed by atoms with Gasteiger partial charge in [0.25, 0.3) is 0 Å². The molecule has 2 unspecified atom stereocenters. The SMILES string of the molecule is CC1=C(c2ccccc2)C2C=CC=CC2n2nccc21. The fraction of sp³-hybridized carbons (Fsp3) is 0.167. The molecule has 1 aromatic carbocycles. The zero-order valence-corrected chi connectivity index (χ0v) is 11.4. The van der Waals surface area contributed by atoms with E-state index in [9.17, 15) is 0 Å². The Kier molecular flexibility index (Phi) is 2.49. The lowest BCUT2D eigenvalue weighted by Gasteiger charge is -2.34. The maximum absolute atomic E-state index is 4.52. The van der Waals surface area contributed by atoms with Gasteiger partial charge >= 0.3 is 0 Å². The van der Waals surface area contributed by atoms with E-state index in [0.717, 1.165) is 0 Å². The number of rotatable bonds is 1. The topological polar surface area (TPSA) is 17.8 Å². The van der Waals surface area contributed by atoms with Crippen LogP contribution < -0.4 is 0 Å². The first-order valence-electron chi connectivity index (χ1n) is 7.01. The molecule has 0 bridgehead atoms. The summed E-state index contributed by atoms with van der Waals surface area (Å²) in [6.45, 7) is 2.21. The van der Waals surface area contributed by atoms with Crippen LogP contribution in [0.15, 0.2) is 66.9 Å². The Morgan fingerprint density at radius 3 is 2.65 bits per heavy atom. The summed E-state index contributed by atoms with van der Waals surface area (Å²) >= 11 is 0. The third-order valence-corrected chi connectivity index (χ3v) is 4.26. The van der Waals surface area contributed by atoms with Gasteiger partial charge in [-0.1, -0.05) is 54.6 Å². The highest BCUT2D eigenvalue weighted by Crippen LogP contribution is 2.45. The third kappa shape index (κ3) is 1.54. The van der Waals surface area contributed by atoms with E-state index < -0.39 is 0 Å². The molecule has 2 aromatic rings. The number of nitrogens with zero attached hydrogens (tertiary/aromatic N) is 2. The molecule has 1 aromatic heterocycles. The highest BCUT2D eigenvalue weighted by molar-refractivity contribution is 5.92. The van der Waals surface area contributed by atoms with E-state index in [1.165, 1.54) is 22.4 Å². The van der Waals surface area contributed by atoms with Crippen LogP contribution in [-0.2, 0) is 0 Å². The summed E-state index contributed by atoms with van der Waals surface area (Å²) < 4.78 is 2.15. The molecule has 1 aliphatic carbocycles. The maximum atomic E-state index is 4.52. The normalized spacial score (nSPS) is 23.6. The highest BCUT2D eigenvalue weighted by Gasteiger charge is 2.33. The summed E-state index contributed by atoms with van der Waals surface area (Å²) in [5.74, 6) is 0.370. The van der Waals surface area contributed by atoms with Crippen molar-refractivity contribution in [3.8, 4) is 0 Å². The molecular formula is C18H16N2. The Hall–Kier alpha value is -2.35. The Bertz CT molecular complexity index is 732. The molecule has 98 valence electrons. The van der Waals surface area contributed by atoms with Crippen molar-refractivity contribution in [2.24, 2.45) is 5.92 Å². The Balaban J connectivity index is 1.98. The second-order valence-corrected chi connectivity index (χ2v) is 5.35. The van der Waals surface area contributed by atoms with Crippen molar-refractivity contribution in [1.29, 1.82) is 0 Å². The molecule has 2 heterocycles. The largest absolute Gasteiger partial charge is 0.257 e. The minimum atomic E-state index is 0.295. The molecule has 0 fully saturated rings. The first-order chi connectivity index (χ1) is 9.86. The van der Waals surface area contributed by atoms with E-state index >= 15 is 0 Å². The van der Waals surface area contributed by atoms with Crippen molar-refractivity contribution in [3.63, 3.8) is 0 Å². The molecule has 2 heteroatoms. The number of benzene rings is 1. The molecule has 2 atom stereocenters. The van der Waals surface area contributed by atoms with Crippen molar-refractivity contribution in [2.45, 2.75) is 13.0 Å². The van der Waals surface area contributed by atoms with E-state index in [1.54, 1.807) is 0 Å². The zero-order valence-electron chi connectivity index (χ0n) is 11.4. The average molecular weight is 260 g/mol. The van der Waals surface area contributed by atoms with Gasteiger partial charge < -0.3 is 0 Å². The van der Waals surface area contributed by atoms with Crippen LogP contribution in [0.4, 0.5) is 0 Å². The van der Waals surface area contributed by atoms with Gasteiger partial charge in [0.15, 0.2) is 0 Å². The van der Waals surface area contributed by atoms with Crippen LogP contribution in [0.1, 0.15) is 24.2 Å². The Morgan fingerprint density at radius 1 is 1.00 bits per heavy atom. The summed E-state index contributed by atoms with van der Waals surface area (Å²) in [7, 11) is 0. The van der Waals surface area contributed by atoms with Crippen molar-refractivity contribution in [1.82, 2.24) is 9.78 Å². The van der Waals surface area contributed by atoms with Crippen LogP contribution in [0.2, 0.25) is 0 Å². The Labute approximate surface area is 118 Å². The molecule has 0 amide bonds.